The molecule has 23 heavy (non-hydrogen) atoms. The number of halogens is 1. The zero-order valence-electron chi connectivity index (χ0n) is 13.1. The van der Waals surface area contributed by atoms with E-state index < -0.39 is 12.1 Å². The molecule has 2 rings (SSSR count). The summed E-state index contributed by atoms with van der Waals surface area (Å²) in [6.07, 6.45) is -0.565. The predicted molar refractivity (Wildman–Crippen MR) is 90.7 cm³/mol. The minimum atomic E-state index is -0.788. The standard InChI is InChI=1S/C18H20ClNO3/c1-12(18(22)14-6-8-16(23-2)9-7-14)20-17(21)11-13-4-3-5-15(19)10-13/h3-10,12,18,22H,11H2,1-2H3,(H,20,21). The van der Waals surface area contributed by atoms with Gasteiger partial charge in [0.1, 0.15) is 5.75 Å². The highest BCUT2D eigenvalue weighted by molar-refractivity contribution is 6.30. The second kappa shape index (κ2) is 7.99. The predicted octanol–water partition coefficient (Wildman–Crippen LogP) is 3.13. The van der Waals surface area contributed by atoms with Gasteiger partial charge in [0.15, 0.2) is 0 Å². The molecular weight excluding hydrogens is 314 g/mol. The number of carbonyl (C=O) groups is 1. The first kappa shape index (κ1) is 17.3. The molecule has 0 aliphatic carbocycles. The third-order valence-corrected chi connectivity index (χ3v) is 3.81. The molecule has 1 amide bonds. The van der Waals surface area contributed by atoms with Crippen LogP contribution in [0.15, 0.2) is 48.5 Å². The molecule has 2 atom stereocenters. The summed E-state index contributed by atoms with van der Waals surface area (Å²) < 4.78 is 5.09. The normalized spacial score (nSPS) is 13.2. The molecule has 122 valence electrons. The number of amides is 1. The van der Waals surface area contributed by atoms with Gasteiger partial charge in [-0.25, -0.2) is 0 Å². The van der Waals surface area contributed by atoms with Crippen molar-refractivity contribution in [1.29, 1.82) is 0 Å². The highest BCUT2D eigenvalue weighted by Crippen LogP contribution is 2.20. The fourth-order valence-electron chi connectivity index (χ4n) is 2.31. The number of aliphatic hydroxyl groups is 1. The van der Waals surface area contributed by atoms with E-state index in [1.54, 1.807) is 56.5 Å². The molecule has 2 aromatic rings. The molecule has 0 saturated carbocycles. The van der Waals surface area contributed by atoms with Gasteiger partial charge in [-0.1, -0.05) is 35.9 Å². The zero-order valence-corrected chi connectivity index (χ0v) is 13.9. The number of hydrogen-bond donors (Lipinski definition) is 2. The van der Waals surface area contributed by atoms with Gasteiger partial charge < -0.3 is 15.2 Å². The van der Waals surface area contributed by atoms with Gasteiger partial charge in [0.2, 0.25) is 5.91 Å². The van der Waals surface area contributed by atoms with Gasteiger partial charge in [-0.15, -0.1) is 0 Å². The molecule has 0 aromatic heterocycles. The average molecular weight is 334 g/mol. The lowest BCUT2D eigenvalue weighted by Gasteiger charge is -2.21. The van der Waals surface area contributed by atoms with E-state index in [0.717, 1.165) is 16.9 Å². The molecule has 2 unspecified atom stereocenters. The van der Waals surface area contributed by atoms with E-state index in [2.05, 4.69) is 5.32 Å². The lowest BCUT2D eigenvalue weighted by atomic mass is 10.0. The van der Waals surface area contributed by atoms with E-state index in [1.165, 1.54) is 0 Å². The molecular formula is C18H20ClNO3. The summed E-state index contributed by atoms with van der Waals surface area (Å²) in [5.74, 6) is 0.561. The van der Waals surface area contributed by atoms with Crippen LogP contribution in [0, 0.1) is 0 Å². The first-order chi connectivity index (χ1) is 11.0. The van der Waals surface area contributed by atoms with Crippen molar-refractivity contribution in [2.24, 2.45) is 0 Å². The zero-order chi connectivity index (χ0) is 16.8. The SMILES string of the molecule is COc1ccc(C(O)C(C)NC(=O)Cc2cccc(Cl)c2)cc1. The van der Waals surface area contributed by atoms with E-state index in [-0.39, 0.29) is 12.3 Å². The van der Waals surface area contributed by atoms with Gasteiger partial charge in [0.05, 0.1) is 25.7 Å². The summed E-state index contributed by atoms with van der Waals surface area (Å²) >= 11 is 5.91. The Bertz CT molecular complexity index is 658. The Kier molecular flexibility index (Phi) is 6.02. The molecule has 0 saturated heterocycles. The third-order valence-electron chi connectivity index (χ3n) is 3.57. The summed E-state index contributed by atoms with van der Waals surface area (Å²) in [4.78, 5) is 12.1. The number of methoxy groups -OCH3 is 1. The Labute approximate surface area is 141 Å². The van der Waals surface area contributed by atoms with Crippen LogP contribution in [0.25, 0.3) is 0 Å². The van der Waals surface area contributed by atoms with Gasteiger partial charge >= 0.3 is 0 Å². The largest absolute Gasteiger partial charge is 0.497 e. The van der Waals surface area contributed by atoms with Crippen molar-refractivity contribution < 1.29 is 14.6 Å². The van der Waals surface area contributed by atoms with Crippen LogP contribution < -0.4 is 10.1 Å². The van der Waals surface area contributed by atoms with Crippen molar-refractivity contribution in [2.75, 3.05) is 7.11 Å². The maximum atomic E-state index is 12.1. The number of rotatable bonds is 6. The Hall–Kier alpha value is -2.04. The van der Waals surface area contributed by atoms with Crippen molar-refractivity contribution in [3.05, 3.63) is 64.7 Å². The van der Waals surface area contributed by atoms with Crippen LogP contribution >= 0.6 is 11.6 Å². The number of aliphatic hydroxyl groups excluding tert-OH is 1. The van der Waals surface area contributed by atoms with Crippen molar-refractivity contribution in [1.82, 2.24) is 5.32 Å². The topological polar surface area (TPSA) is 58.6 Å². The summed E-state index contributed by atoms with van der Waals surface area (Å²) in [6, 6.07) is 13.9. The summed E-state index contributed by atoms with van der Waals surface area (Å²) in [5, 5.41) is 13.7. The van der Waals surface area contributed by atoms with E-state index in [4.69, 9.17) is 16.3 Å². The molecule has 0 radical (unpaired) electrons. The van der Waals surface area contributed by atoms with Gasteiger partial charge in [0.25, 0.3) is 0 Å². The highest BCUT2D eigenvalue weighted by Gasteiger charge is 2.18. The number of hydrogen-bond acceptors (Lipinski definition) is 3. The van der Waals surface area contributed by atoms with E-state index >= 15 is 0 Å². The highest BCUT2D eigenvalue weighted by atomic mass is 35.5. The van der Waals surface area contributed by atoms with Crippen LogP contribution in [0.3, 0.4) is 0 Å². The molecule has 0 bridgehead atoms. The number of carbonyl (C=O) groups excluding carboxylic acids is 1. The molecule has 0 fully saturated rings. The molecule has 2 aromatic carbocycles. The van der Waals surface area contributed by atoms with E-state index in [1.807, 2.05) is 6.07 Å². The number of benzene rings is 2. The van der Waals surface area contributed by atoms with Gasteiger partial charge in [0, 0.05) is 5.02 Å². The molecule has 0 aliphatic heterocycles. The number of ether oxygens (including phenoxy) is 1. The van der Waals surface area contributed by atoms with Crippen LogP contribution in [-0.2, 0) is 11.2 Å². The summed E-state index contributed by atoms with van der Waals surface area (Å²) in [5.41, 5.74) is 1.56. The quantitative estimate of drug-likeness (QED) is 0.854. The smallest absolute Gasteiger partial charge is 0.224 e. The van der Waals surface area contributed by atoms with Gasteiger partial charge in [-0.2, -0.15) is 0 Å². The fraction of sp³-hybridized carbons (Fsp3) is 0.278. The summed E-state index contributed by atoms with van der Waals surface area (Å²) in [7, 11) is 1.59. The lowest BCUT2D eigenvalue weighted by molar-refractivity contribution is -0.121. The Balaban J connectivity index is 1.94. The maximum absolute atomic E-state index is 12.1. The Morgan fingerprint density at radius 2 is 1.96 bits per heavy atom. The van der Waals surface area contributed by atoms with Crippen molar-refractivity contribution >= 4 is 17.5 Å². The fourth-order valence-corrected chi connectivity index (χ4v) is 2.52. The van der Waals surface area contributed by atoms with Crippen molar-refractivity contribution in [2.45, 2.75) is 25.5 Å². The molecule has 0 heterocycles. The van der Waals surface area contributed by atoms with Crippen LogP contribution in [0.2, 0.25) is 5.02 Å². The Morgan fingerprint density at radius 3 is 2.57 bits per heavy atom. The van der Waals surface area contributed by atoms with Crippen LogP contribution in [0.5, 0.6) is 5.75 Å². The van der Waals surface area contributed by atoms with Gasteiger partial charge in [-0.3, -0.25) is 4.79 Å². The van der Waals surface area contributed by atoms with Crippen molar-refractivity contribution in [3.8, 4) is 5.75 Å². The second-order valence-electron chi connectivity index (χ2n) is 5.38. The molecule has 0 spiro atoms. The molecule has 2 N–H and O–H groups in total. The minimum absolute atomic E-state index is 0.160. The van der Waals surface area contributed by atoms with Crippen LogP contribution in [0.4, 0.5) is 0 Å². The first-order valence-corrected chi connectivity index (χ1v) is 7.73. The van der Waals surface area contributed by atoms with Crippen LogP contribution in [-0.4, -0.2) is 24.2 Å². The average Bonchev–Trinajstić information content (AvgIpc) is 2.54. The maximum Gasteiger partial charge on any atom is 0.224 e. The Morgan fingerprint density at radius 1 is 1.26 bits per heavy atom. The third kappa shape index (κ3) is 4.98. The molecule has 5 heteroatoms. The van der Waals surface area contributed by atoms with Crippen LogP contribution in [0.1, 0.15) is 24.2 Å². The number of nitrogens with one attached hydrogen (secondary N) is 1. The lowest BCUT2D eigenvalue weighted by Crippen LogP contribution is -2.37. The molecule has 4 nitrogen and oxygen atoms in total. The monoisotopic (exact) mass is 333 g/mol. The van der Waals surface area contributed by atoms with E-state index in [0.29, 0.717) is 5.02 Å². The van der Waals surface area contributed by atoms with Gasteiger partial charge in [-0.05, 0) is 42.3 Å². The van der Waals surface area contributed by atoms with E-state index in [9.17, 15) is 9.90 Å². The first-order valence-electron chi connectivity index (χ1n) is 7.35. The summed E-state index contributed by atoms with van der Waals surface area (Å²) in [6.45, 7) is 1.77. The minimum Gasteiger partial charge on any atom is -0.497 e. The van der Waals surface area contributed by atoms with Crippen molar-refractivity contribution in [3.63, 3.8) is 0 Å². The second-order valence-corrected chi connectivity index (χ2v) is 5.82. The molecule has 0 aliphatic rings.